The number of phenols is 1. The van der Waals surface area contributed by atoms with Crippen LogP contribution in [0.15, 0.2) is 12.1 Å². The first-order valence-corrected chi connectivity index (χ1v) is 4.38. The zero-order chi connectivity index (χ0) is 12.3. The van der Waals surface area contributed by atoms with Crippen molar-refractivity contribution in [1.82, 2.24) is 0 Å². The molecule has 0 bridgehead atoms. The molecule has 0 aliphatic rings. The Balaban J connectivity index is 3.41. The SMILES string of the molecule is COc1cc(C(=O)O)cc(C(=O)CN)c1O. The molecule has 0 radical (unpaired) electrons. The fourth-order valence-electron chi connectivity index (χ4n) is 1.21. The van der Waals surface area contributed by atoms with E-state index in [0.29, 0.717) is 0 Å². The summed E-state index contributed by atoms with van der Waals surface area (Å²) in [5.41, 5.74) is 4.84. The lowest BCUT2D eigenvalue weighted by Crippen LogP contribution is -2.15. The van der Waals surface area contributed by atoms with E-state index in [9.17, 15) is 14.7 Å². The highest BCUT2D eigenvalue weighted by atomic mass is 16.5. The Kier molecular flexibility index (Phi) is 3.47. The summed E-state index contributed by atoms with van der Waals surface area (Å²) >= 11 is 0. The molecule has 4 N–H and O–H groups in total. The van der Waals surface area contributed by atoms with Gasteiger partial charge < -0.3 is 20.7 Å². The number of nitrogens with two attached hydrogens (primary N) is 1. The van der Waals surface area contributed by atoms with E-state index in [0.717, 1.165) is 12.1 Å². The summed E-state index contributed by atoms with van der Waals surface area (Å²) in [6, 6.07) is 2.19. The van der Waals surface area contributed by atoms with E-state index in [2.05, 4.69) is 0 Å². The van der Waals surface area contributed by atoms with Gasteiger partial charge in [0.1, 0.15) is 0 Å². The molecular weight excluding hydrogens is 214 g/mol. The fraction of sp³-hybridized carbons (Fsp3) is 0.200. The molecular formula is C10H11NO5. The number of ether oxygens (including phenoxy) is 1. The molecule has 1 rings (SSSR count). The minimum Gasteiger partial charge on any atom is -0.504 e. The van der Waals surface area contributed by atoms with E-state index in [1.807, 2.05) is 0 Å². The Morgan fingerprint density at radius 2 is 2.06 bits per heavy atom. The lowest BCUT2D eigenvalue weighted by atomic mass is 10.0. The Morgan fingerprint density at radius 3 is 2.50 bits per heavy atom. The molecule has 0 saturated heterocycles. The number of carboxylic acids is 1. The summed E-state index contributed by atoms with van der Waals surface area (Å²) in [6.07, 6.45) is 0. The summed E-state index contributed by atoms with van der Waals surface area (Å²) in [6.45, 7) is -0.320. The Labute approximate surface area is 91.3 Å². The summed E-state index contributed by atoms with van der Waals surface area (Å²) < 4.78 is 4.76. The molecule has 0 aliphatic carbocycles. The van der Waals surface area contributed by atoms with Crippen LogP contribution >= 0.6 is 0 Å². The molecule has 0 aliphatic heterocycles. The summed E-state index contributed by atoms with van der Waals surface area (Å²) in [5.74, 6) is -2.25. The Morgan fingerprint density at radius 1 is 1.44 bits per heavy atom. The summed E-state index contributed by atoms with van der Waals surface area (Å²) in [5, 5.41) is 18.4. The minimum atomic E-state index is -1.22. The first kappa shape index (κ1) is 12.0. The van der Waals surface area contributed by atoms with Crippen molar-refractivity contribution in [2.24, 2.45) is 5.73 Å². The first-order valence-electron chi connectivity index (χ1n) is 4.38. The van der Waals surface area contributed by atoms with Crippen LogP contribution in [0, 0.1) is 0 Å². The number of carbonyl (C=O) groups is 2. The topological polar surface area (TPSA) is 110 Å². The van der Waals surface area contributed by atoms with Crippen LogP contribution in [0.1, 0.15) is 20.7 Å². The van der Waals surface area contributed by atoms with Crippen LogP contribution in [0.3, 0.4) is 0 Å². The van der Waals surface area contributed by atoms with E-state index >= 15 is 0 Å². The second kappa shape index (κ2) is 4.63. The molecule has 0 aromatic heterocycles. The van der Waals surface area contributed by atoms with Crippen LogP contribution in [0.2, 0.25) is 0 Å². The van der Waals surface area contributed by atoms with E-state index in [-0.39, 0.29) is 23.4 Å². The molecule has 0 fully saturated rings. The van der Waals surface area contributed by atoms with Gasteiger partial charge in [0.15, 0.2) is 17.3 Å². The molecule has 6 nitrogen and oxygen atoms in total. The van der Waals surface area contributed by atoms with Crippen LogP contribution in [0.25, 0.3) is 0 Å². The third-order valence-electron chi connectivity index (χ3n) is 2.03. The lowest BCUT2D eigenvalue weighted by Gasteiger charge is -2.08. The molecule has 0 unspecified atom stereocenters. The predicted octanol–water partition coefficient (Wildman–Crippen LogP) is 0.240. The first-order chi connectivity index (χ1) is 7.51. The van der Waals surface area contributed by atoms with Crippen molar-refractivity contribution in [2.45, 2.75) is 0 Å². The summed E-state index contributed by atoms with van der Waals surface area (Å²) in [4.78, 5) is 22.1. The van der Waals surface area contributed by atoms with Crippen LogP contribution in [-0.2, 0) is 0 Å². The number of benzene rings is 1. The van der Waals surface area contributed by atoms with Gasteiger partial charge in [0, 0.05) is 0 Å². The Bertz CT molecular complexity index is 441. The summed E-state index contributed by atoms with van der Waals surface area (Å²) in [7, 11) is 1.26. The molecule has 0 amide bonds. The van der Waals surface area contributed by atoms with Crippen LogP contribution in [-0.4, -0.2) is 35.6 Å². The number of methoxy groups -OCH3 is 1. The van der Waals surface area contributed by atoms with E-state index in [4.69, 9.17) is 15.6 Å². The maximum absolute atomic E-state index is 11.3. The molecule has 0 saturated carbocycles. The van der Waals surface area contributed by atoms with Crippen LogP contribution < -0.4 is 10.5 Å². The van der Waals surface area contributed by atoms with Gasteiger partial charge in [-0.15, -0.1) is 0 Å². The van der Waals surface area contributed by atoms with Crippen LogP contribution in [0.5, 0.6) is 11.5 Å². The highest BCUT2D eigenvalue weighted by molar-refractivity contribution is 6.03. The molecule has 6 heteroatoms. The molecule has 0 spiro atoms. The lowest BCUT2D eigenvalue weighted by molar-refractivity contribution is 0.0696. The third kappa shape index (κ3) is 2.12. The number of aromatic hydroxyl groups is 1. The number of aromatic carboxylic acids is 1. The number of ketones is 1. The van der Waals surface area contributed by atoms with Crippen molar-refractivity contribution in [3.05, 3.63) is 23.3 Å². The zero-order valence-corrected chi connectivity index (χ0v) is 8.56. The zero-order valence-electron chi connectivity index (χ0n) is 8.56. The number of rotatable bonds is 4. The Hall–Kier alpha value is -2.08. The van der Waals surface area contributed by atoms with Gasteiger partial charge in [-0.05, 0) is 12.1 Å². The second-order valence-corrected chi connectivity index (χ2v) is 3.01. The van der Waals surface area contributed by atoms with E-state index in [1.165, 1.54) is 7.11 Å². The maximum Gasteiger partial charge on any atom is 0.335 e. The normalized spacial score (nSPS) is 9.88. The third-order valence-corrected chi connectivity index (χ3v) is 2.03. The largest absolute Gasteiger partial charge is 0.504 e. The molecule has 1 aromatic carbocycles. The molecule has 16 heavy (non-hydrogen) atoms. The predicted molar refractivity (Wildman–Crippen MR) is 55.0 cm³/mol. The van der Waals surface area contributed by atoms with Crippen molar-refractivity contribution in [1.29, 1.82) is 0 Å². The number of carbonyl (C=O) groups excluding carboxylic acids is 1. The van der Waals surface area contributed by atoms with Gasteiger partial charge in [-0.25, -0.2) is 4.79 Å². The van der Waals surface area contributed by atoms with Crippen molar-refractivity contribution < 1.29 is 24.5 Å². The number of phenolic OH excluding ortho intramolecular Hbond substituents is 1. The van der Waals surface area contributed by atoms with Gasteiger partial charge in [-0.3, -0.25) is 4.79 Å². The van der Waals surface area contributed by atoms with Gasteiger partial charge in [0.05, 0.1) is 24.8 Å². The highest BCUT2D eigenvalue weighted by Gasteiger charge is 2.18. The smallest absolute Gasteiger partial charge is 0.335 e. The van der Waals surface area contributed by atoms with Gasteiger partial charge in [-0.1, -0.05) is 0 Å². The second-order valence-electron chi connectivity index (χ2n) is 3.01. The molecule has 86 valence electrons. The van der Waals surface area contributed by atoms with Gasteiger partial charge in [0.25, 0.3) is 0 Å². The van der Waals surface area contributed by atoms with Gasteiger partial charge >= 0.3 is 5.97 Å². The maximum atomic E-state index is 11.3. The number of hydrogen-bond donors (Lipinski definition) is 3. The number of carboxylic acid groups (broad SMARTS) is 1. The minimum absolute atomic E-state index is 0.0725. The standard InChI is InChI=1S/C10H11NO5/c1-16-8-3-5(10(14)15)2-6(9(8)13)7(12)4-11/h2-3,13H,4,11H2,1H3,(H,14,15). The van der Waals surface area contributed by atoms with E-state index < -0.39 is 17.5 Å². The highest BCUT2D eigenvalue weighted by Crippen LogP contribution is 2.31. The number of Topliss-reactive ketones (excluding diaryl/α,β-unsaturated/α-hetero) is 1. The van der Waals surface area contributed by atoms with Crippen molar-refractivity contribution in [2.75, 3.05) is 13.7 Å². The fourth-order valence-corrected chi connectivity index (χ4v) is 1.21. The van der Waals surface area contributed by atoms with Crippen molar-refractivity contribution in [3.63, 3.8) is 0 Å². The molecule has 0 atom stereocenters. The monoisotopic (exact) mass is 225 g/mol. The van der Waals surface area contributed by atoms with Crippen LogP contribution in [0.4, 0.5) is 0 Å². The van der Waals surface area contributed by atoms with Crippen molar-refractivity contribution in [3.8, 4) is 11.5 Å². The number of hydrogen-bond acceptors (Lipinski definition) is 5. The van der Waals surface area contributed by atoms with Gasteiger partial charge in [-0.2, -0.15) is 0 Å². The molecule has 0 heterocycles. The van der Waals surface area contributed by atoms with Gasteiger partial charge in [0.2, 0.25) is 0 Å². The van der Waals surface area contributed by atoms with E-state index in [1.54, 1.807) is 0 Å². The molecule has 1 aromatic rings. The van der Waals surface area contributed by atoms with Crippen molar-refractivity contribution >= 4 is 11.8 Å². The average Bonchev–Trinajstić information content (AvgIpc) is 2.28. The average molecular weight is 225 g/mol. The quantitative estimate of drug-likeness (QED) is 0.633.